The van der Waals surface area contributed by atoms with Gasteiger partial charge in [0.15, 0.2) is 0 Å². The summed E-state index contributed by atoms with van der Waals surface area (Å²) < 4.78 is 3.34. The normalized spacial score (nSPS) is 17.3. The molecule has 1 atom stereocenters. The third-order valence-electron chi connectivity index (χ3n) is 3.27. The summed E-state index contributed by atoms with van der Waals surface area (Å²) in [5, 5.41) is 20.5. The fourth-order valence-electron chi connectivity index (χ4n) is 2.36. The fraction of sp³-hybridized carbons (Fsp3) is 0.545. The molecule has 0 aliphatic carbocycles. The Bertz CT molecular complexity index is 587. The minimum Gasteiger partial charge on any atom is -0.390 e. The number of aliphatic hydroxyl groups excluding tert-OH is 1. The molecular formula is C11H16N6O2. The lowest BCUT2D eigenvalue weighted by Crippen LogP contribution is -2.41. The molecule has 8 nitrogen and oxygen atoms in total. The average molecular weight is 264 g/mol. The number of nitrogens with one attached hydrogen (secondary N) is 1. The number of β-amino-alcohol motifs (C(OH)–C–C–N with tert-alkyl or cyclic N) is 1. The average Bonchev–Trinajstić information content (AvgIpc) is 3.00. The maximum atomic E-state index is 11.4. The van der Waals surface area contributed by atoms with Gasteiger partial charge in [-0.25, -0.2) is 9.89 Å². The van der Waals surface area contributed by atoms with E-state index in [2.05, 4.69) is 20.2 Å². The van der Waals surface area contributed by atoms with Crippen LogP contribution in [0, 0.1) is 0 Å². The van der Waals surface area contributed by atoms with Crippen LogP contribution in [0.15, 0.2) is 23.3 Å². The second-order valence-electron chi connectivity index (χ2n) is 4.71. The van der Waals surface area contributed by atoms with Crippen LogP contribution < -0.4 is 5.69 Å². The van der Waals surface area contributed by atoms with Gasteiger partial charge < -0.3 is 5.11 Å². The van der Waals surface area contributed by atoms with Crippen molar-refractivity contribution in [3.63, 3.8) is 0 Å². The summed E-state index contributed by atoms with van der Waals surface area (Å²) in [6, 6.07) is 1.83. The van der Waals surface area contributed by atoms with Crippen molar-refractivity contribution in [2.24, 2.45) is 0 Å². The zero-order valence-electron chi connectivity index (χ0n) is 10.4. The maximum absolute atomic E-state index is 11.4. The number of aromatic nitrogens is 5. The summed E-state index contributed by atoms with van der Waals surface area (Å²) in [4.78, 5) is 13.5. The Morgan fingerprint density at radius 3 is 3.11 bits per heavy atom. The molecule has 19 heavy (non-hydrogen) atoms. The van der Waals surface area contributed by atoms with Gasteiger partial charge in [0.05, 0.1) is 19.2 Å². The van der Waals surface area contributed by atoms with E-state index in [1.165, 1.54) is 0 Å². The van der Waals surface area contributed by atoms with E-state index in [0.717, 1.165) is 12.4 Å². The quantitative estimate of drug-likeness (QED) is 0.712. The second kappa shape index (κ2) is 4.98. The molecule has 0 spiro atoms. The first kappa shape index (κ1) is 12.1. The molecule has 0 saturated heterocycles. The minimum atomic E-state index is -0.489. The van der Waals surface area contributed by atoms with Gasteiger partial charge in [-0.05, 0) is 6.07 Å². The van der Waals surface area contributed by atoms with Crippen molar-refractivity contribution in [1.29, 1.82) is 0 Å². The van der Waals surface area contributed by atoms with E-state index in [9.17, 15) is 9.90 Å². The number of rotatable bonds is 4. The van der Waals surface area contributed by atoms with Crippen molar-refractivity contribution >= 4 is 0 Å². The molecule has 102 valence electrons. The molecule has 3 heterocycles. The van der Waals surface area contributed by atoms with Crippen LogP contribution in [0.1, 0.15) is 5.82 Å². The highest BCUT2D eigenvalue weighted by Crippen LogP contribution is 2.08. The zero-order valence-corrected chi connectivity index (χ0v) is 10.4. The predicted molar refractivity (Wildman–Crippen MR) is 66.4 cm³/mol. The molecule has 0 amide bonds. The molecule has 0 radical (unpaired) electrons. The molecule has 0 aromatic carbocycles. The van der Waals surface area contributed by atoms with Crippen molar-refractivity contribution in [3.05, 3.63) is 34.8 Å². The highest BCUT2D eigenvalue weighted by molar-refractivity contribution is 4.91. The van der Waals surface area contributed by atoms with E-state index in [1.54, 1.807) is 15.4 Å². The van der Waals surface area contributed by atoms with Gasteiger partial charge in [0.25, 0.3) is 0 Å². The van der Waals surface area contributed by atoms with Crippen LogP contribution >= 0.6 is 0 Å². The molecule has 8 heteroatoms. The van der Waals surface area contributed by atoms with Crippen molar-refractivity contribution in [2.45, 2.75) is 25.7 Å². The predicted octanol–water partition coefficient (Wildman–Crippen LogP) is -1.36. The van der Waals surface area contributed by atoms with E-state index in [0.29, 0.717) is 26.2 Å². The van der Waals surface area contributed by atoms with Crippen LogP contribution in [0.2, 0.25) is 0 Å². The standard InChI is InChI=1S/C11H16N6O2/c18-9(7-16-3-1-2-12-16)6-15-4-5-17-10(8-15)13-14-11(17)19/h1-3,9,18H,4-8H2,(H,14,19). The summed E-state index contributed by atoms with van der Waals surface area (Å²) >= 11 is 0. The molecule has 1 aliphatic heterocycles. The van der Waals surface area contributed by atoms with Crippen LogP contribution in [-0.2, 0) is 19.6 Å². The highest BCUT2D eigenvalue weighted by Gasteiger charge is 2.21. The first-order valence-corrected chi connectivity index (χ1v) is 6.24. The SMILES string of the molecule is O=c1[nH]nc2n1CCN(CC(O)Cn1cccn1)C2. The van der Waals surface area contributed by atoms with Gasteiger partial charge in [0.1, 0.15) is 5.82 Å². The Morgan fingerprint density at radius 2 is 2.32 bits per heavy atom. The summed E-state index contributed by atoms with van der Waals surface area (Å²) in [6.07, 6.45) is 3.03. The van der Waals surface area contributed by atoms with Crippen molar-refractivity contribution in [3.8, 4) is 0 Å². The molecule has 1 unspecified atom stereocenters. The molecule has 0 saturated carbocycles. The Morgan fingerprint density at radius 1 is 1.42 bits per heavy atom. The summed E-state index contributed by atoms with van der Waals surface area (Å²) in [5.74, 6) is 0.725. The zero-order chi connectivity index (χ0) is 13.2. The highest BCUT2D eigenvalue weighted by atomic mass is 16.3. The van der Waals surface area contributed by atoms with Crippen LogP contribution in [0.5, 0.6) is 0 Å². The van der Waals surface area contributed by atoms with E-state index >= 15 is 0 Å². The van der Waals surface area contributed by atoms with Gasteiger partial charge in [-0.3, -0.25) is 14.1 Å². The maximum Gasteiger partial charge on any atom is 0.343 e. The summed E-state index contributed by atoms with van der Waals surface area (Å²) in [7, 11) is 0. The Labute approximate surface area is 109 Å². The van der Waals surface area contributed by atoms with Crippen LogP contribution in [0.25, 0.3) is 0 Å². The number of hydrogen-bond donors (Lipinski definition) is 2. The number of nitrogens with zero attached hydrogens (tertiary/aromatic N) is 5. The summed E-state index contributed by atoms with van der Waals surface area (Å²) in [5.41, 5.74) is -0.160. The van der Waals surface area contributed by atoms with Crippen molar-refractivity contribution in [1.82, 2.24) is 29.4 Å². The molecule has 0 fully saturated rings. The Hall–Kier alpha value is -1.93. The topological polar surface area (TPSA) is 92.0 Å². The molecule has 2 N–H and O–H groups in total. The number of aromatic amines is 1. The number of H-pyrrole nitrogens is 1. The van der Waals surface area contributed by atoms with Gasteiger partial charge in [-0.15, -0.1) is 0 Å². The van der Waals surface area contributed by atoms with Gasteiger partial charge in [-0.1, -0.05) is 0 Å². The van der Waals surface area contributed by atoms with E-state index in [1.807, 2.05) is 12.3 Å². The molecule has 2 aromatic rings. The van der Waals surface area contributed by atoms with Gasteiger partial charge >= 0.3 is 5.69 Å². The number of aliphatic hydroxyl groups is 1. The molecule has 2 aromatic heterocycles. The molecular weight excluding hydrogens is 248 g/mol. The van der Waals surface area contributed by atoms with Crippen molar-refractivity contribution < 1.29 is 5.11 Å². The molecule has 3 rings (SSSR count). The Kier molecular flexibility index (Phi) is 3.18. The molecule has 1 aliphatic rings. The lowest BCUT2D eigenvalue weighted by atomic mass is 10.3. The van der Waals surface area contributed by atoms with Crippen molar-refractivity contribution in [2.75, 3.05) is 13.1 Å². The Balaban J connectivity index is 1.58. The fourth-order valence-corrected chi connectivity index (χ4v) is 2.36. The molecule has 0 bridgehead atoms. The van der Waals surface area contributed by atoms with Crippen LogP contribution in [0.3, 0.4) is 0 Å². The first-order valence-electron chi connectivity index (χ1n) is 6.24. The van der Waals surface area contributed by atoms with Gasteiger partial charge in [0.2, 0.25) is 0 Å². The third-order valence-corrected chi connectivity index (χ3v) is 3.27. The van der Waals surface area contributed by atoms with E-state index in [4.69, 9.17) is 0 Å². The van der Waals surface area contributed by atoms with Crippen LogP contribution in [0.4, 0.5) is 0 Å². The lowest BCUT2D eigenvalue weighted by Gasteiger charge is -2.28. The summed E-state index contributed by atoms with van der Waals surface area (Å²) in [6.45, 7) is 2.94. The minimum absolute atomic E-state index is 0.160. The third kappa shape index (κ3) is 2.59. The second-order valence-corrected chi connectivity index (χ2v) is 4.71. The largest absolute Gasteiger partial charge is 0.390 e. The lowest BCUT2D eigenvalue weighted by molar-refractivity contribution is 0.0809. The van der Waals surface area contributed by atoms with E-state index in [-0.39, 0.29) is 5.69 Å². The smallest absolute Gasteiger partial charge is 0.343 e. The van der Waals surface area contributed by atoms with Crippen LogP contribution in [-0.4, -0.2) is 53.7 Å². The monoisotopic (exact) mass is 264 g/mol. The van der Waals surface area contributed by atoms with E-state index < -0.39 is 6.10 Å². The van der Waals surface area contributed by atoms with Gasteiger partial charge in [0, 0.05) is 32.0 Å². The number of hydrogen-bond acceptors (Lipinski definition) is 5. The van der Waals surface area contributed by atoms with Gasteiger partial charge in [-0.2, -0.15) is 10.2 Å². The first-order chi connectivity index (χ1) is 9.22. The number of fused-ring (bicyclic) bond motifs is 1.